The Bertz CT molecular complexity index is 571. The fraction of sp³-hybridized carbons (Fsp3) is 0.222. The van der Waals surface area contributed by atoms with E-state index in [0.29, 0.717) is 6.07 Å². The highest BCUT2D eigenvalue weighted by Gasteiger charge is 2.30. The second kappa shape index (κ2) is 5.80. The lowest BCUT2D eigenvalue weighted by Crippen LogP contribution is -2.16. The molecule has 106 valence electrons. The molecule has 0 saturated carbocycles. The zero-order chi connectivity index (χ0) is 14.7. The van der Waals surface area contributed by atoms with Crippen LogP contribution < -0.4 is 5.32 Å². The van der Waals surface area contributed by atoms with Crippen LogP contribution in [-0.2, 0) is 20.1 Å². The van der Waals surface area contributed by atoms with Gasteiger partial charge < -0.3 is 9.87 Å². The molecule has 0 bridgehead atoms. The van der Waals surface area contributed by atoms with Gasteiger partial charge in [-0.3, -0.25) is 4.79 Å². The zero-order valence-corrected chi connectivity index (χ0v) is 10.7. The Labute approximate surface area is 110 Å². The summed E-state index contributed by atoms with van der Waals surface area (Å²) in [4.78, 5) is 11.2. The van der Waals surface area contributed by atoms with Gasteiger partial charge >= 0.3 is 6.18 Å². The first-order chi connectivity index (χ1) is 8.58. The minimum atomic E-state index is -4.62. The average molecular weight is 314 g/mol. The average Bonchev–Trinajstić information content (AvgIpc) is 2.25. The quantitative estimate of drug-likeness (QED) is 0.677. The van der Waals surface area contributed by atoms with E-state index in [9.17, 15) is 30.9 Å². The number of carbonyl (C=O) groups is 1. The van der Waals surface area contributed by atoms with E-state index in [-0.39, 0.29) is 16.5 Å². The molecule has 1 N–H and O–H groups in total. The number of halogens is 3. The van der Waals surface area contributed by atoms with Crippen molar-refractivity contribution in [3.63, 3.8) is 0 Å². The number of hydrogen-bond acceptors (Lipinski definition) is 5. The number of hydrogen-bond donors (Lipinski definition) is 1. The van der Waals surface area contributed by atoms with Crippen molar-refractivity contribution in [3.8, 4) is 0 Å². The molecule has 0 radical (unpaired) electrons. The summed E-state index contributed by atoms with van der Waals surface area (Å²) in [6.07, 6.45) is -4.55. The number of benzene rings is 1. The summed E-state index contributed by atoms with van der Waals surface area (Å²) in [6, 6.07) is 3.83. The second-order valence-corrected chi connectivity index (χ2v) is 6.57. The van der Waals surface area contributed by atoms with Crippen LogP contribution >= 0.6 is 10.8 Å². The van der Waals surface area contributed by atoms with Gasteiger partial charge in [-0.15, -0.1) is 0 Å². The molecule has 0 saturated heterocycles. The highest BCUT2D eigenvalue weighted by atomic mass is 33.1. The molecule has 0 aliphatic rings. The van der Waals surface area contributed by atoms with E-state index in [4.69, 9.17) is 0 Å². The molecular formula is C9H7F3NO4S2-. The number of alkyl halides is 3. The molecule has 5 nitrogen and oxygen atoms in total. The maximum absolute atomic E-state index is 12.4. The molecule has 0 aliphatic heterocycles. The molecule has 0 spiro atoms. The standard InChI is InChI=1S/C9H8F3NO4S2/c10-9(11,12)6-2-1-3-7(4-6)13-8(14)5-18-19(15,16)17/h1-4H,5H2,(H,13,14)(H,15,16,17)/p-1. The van der Waals surface area contributed by atoms with Gasteiger partial charge in [0.1, 0.15) is 9.15 Å². The van der Waals surface area contributed by atoms with Crippen LogP contribution in [0.1, 0.15) is 5.56 Å². The van der Waals surface area contributed by atoms with Crippen molar-refractivity contribution in [1.29, 1.82) is 0 Å². The topological polar surface area (TPSA) is 86.3 Å². The Hall–Kier alpha value is -1.26. The predicted octanol–water partition coefficient (Wildman–Crippen LogP) is 1.84. The fourth-order valence-corrected chi connectivity index (χ4v) is 2.17. The maximum Gasteiger partial charge on any atom is 0.416 e. The lowest BCUT2D eigenvalue weighted by Gasteiger charge is -2.10. The van der Waals surface area contributed by atoms with Gasteiger partial charge in [0.15, 0.2) is 0 Å². The van der Waals surface area contributed by atoms with E-state index in [1.807, 2.05) is 0 Å². The molecule has 1 aromatic carbocycles. The zero-order valence-electron chi connectivity index (χ0n) is 9.10. The van der Waals surface area contributed by atoms with Crippen LogP contribution in [0.3, 0.4) is 0 Å². The lowest BCUT2D eigenvalue weighted by atomic mass is 10.2. The largest absolute Gasteiger partial charge is 0.739 e. The van der Waals surface area contributed by atoms with Gasteiger partial charge in [-0.05, 0) is 29.0 Å². The van der Waals surface area contributed by atoms with Gasteiger partial charge in [-0.2, -0.15) is 13.2 Å². The Morgan fingerprint density at radius 2 is 2.00 bits per heavy atom. The van der Waals surface area contributed by atoms with Gasteiger partial charge in [0.2, 0.25) is 5.91 Å². The molecule has 0 heterocycles. The first kappa shape index (κ1) is 15.8. The minimum Gasteiger partial charge on any atom is -0.739 e. The summed E-state index contributed by atoms with van der Waals surface area (Å²) in [5.74, 6) is -1.58. The summed E-state index contributed by atoms with van der Waals surface area (Å²) < 4.78 is 67.9. The Morgan fingerprint density at radius 1 is 1.37 bits per heavy atom. The minimum absolute atomic E-state index is 0.135. The summed E-state index contributed by atoms with van der Waals surface area (Å²) in [5, 5.41) is 2.06. The number of rotatable bonds is 4. The van der Waals surface area contributed by atoms with Gasteiger partial charge in [0.25, 0.3) is 0 Å². The molecule has 0 unspecified atom stereocenters. The van der Waals surface area contributed by atoms with Gasteiger partial charge in [-0.25, -0.2) is 8.42 Å². The highest BCUT2D eigenvalue weighted by Crippen LogP contribution is 2.30. The maximum atomic E-state index is 12.4. The molecule has 10 heteroatoms. The first-order valence-electron chi connectivity index (χ1n) is 4.65. The van der Waals surface area contributed by atoms with Crippen molar-refractivity contribution < 1.29 is 30.9 Å². The molecule has 1 rings (SSSR count). The molecule has 0 aromatic heterocycles. The number of anilines is 1. The van der Waals surface area contributed by atoms with Crippen LogP contribution in [0.5, 0.6) is 0 Å². The molecule has 0 atom stereocenters. The molecule has 0 fully saturated rings. The first-order valence-corrected chi connectivity index (χ1v) is 7.56. The predicted molar refractivity (Wildman–Crippen MR) is 62.2 cm³/mol. The molecule has 0 aliphatic carbocycles. The summed E-state index contributed by atoms with van der Waals surface area (Å²) >= 11 is 0. The summed E-state index contributed by atoms with van der Waals surface area (Å²) in [6.45, 7) is 0. The Balaban J connectivity index is 2.70. The monoisotopic (exact) mass is 314 g/mol. The van der Waals surface area contributed by atoms with E-state index < -0.39 is 32.5 Å². The van der Waals surface area contributed by atoms with Crippen molar-refractivity contribution in [3.05, 3.63) is 29.8 Å². The van der Waals surface area contributed by atoms with Crippen LogP contribution in [0, 0.1) is 0 Å². The Kier molecular flexibility index (Phi) is 4.82. The van der Waals surface area contributed by atoms with Crippen LogP contribution in [-0.4, -0.2) is 24.6 Å². The van der Waals surface area contributed by atoms with Gasteiger partial charge in [0.05, 0.1) is 11.3 Å². The molecule has 1 amide bonds. The molecule has 1 aromatic rings. The normalized spacial score (nSPS) is 12.2. The van der Waals surface area contributed by atoms with Crippen molar-refractivity contribution in [2.45, 2.75) is 6.18 Å². The Morgan fingerprint density at radius 3 is 2.53 bits per heavy atom. The summed E-state index contributed by atoms with van der Waals surface area (Å²) in [7, 11) is -4.76. The van der Waals surface area contributed by atoms with Crippen molar-refractivity contribution >= 4 is 31.5 Å². The third-order valence-electron chi connectivity index (χ3n) is 1.81. The van der Waals surface area contributed by atoms with E-state index in [1.54, 1.807) is 0 Å². The van der Waals surface area contributed by atoms with Crippen LogP contribution in [0.15, 0.2) is 24.3 Å². The fourth-order valence-electron chi connectivity index (χ4n) is 1.10. The van der Waals surface area contributed by atoms with Crippen molar-refractivity contribution in [2.24, 2.45) is 0 Å². The highest BCUT2D eigenvalue weighted by molar-refractivity contribution is 8.70. The second-order valence-electron chi connectivity index (χ2n) is 3.30. The van der Waals surface area contributed by atoms with Crippen LogP contribution in [0.2, 0.25) is 0 Å². The van der Waals surface area contributed by atoms with Crippen molar-refractivity contribution in [1.82, 2.24) is 0 Å². The van der Waals surface area contributed by atoms with Crippen LogP contribution in [0.25, 0.3) is 0 Å². The van der Waals surface area contributed by atoms with Crippen molar-refractivity contribution in [2.75, 3.05) is 11.1 Å². The SMILES string of the molecule is O=C(CSS(=O)(=O)[O-])Nc1cccc(C(F)(F)F)c1. The third kappa shape index (κ3) is 5.94. The van der Waals surface area contributed by atoms with Gasteiger partial charge in [-0.1, -0.05) is 6.07 Å². The number of amides is 1. The molecular weight excluding hydrogens is 307 g/mol. The third-order valence-corrected chi connectivity index (χ3v) is 3.70. The van der Waals surface area contributed by atoms with E-state index >= 15 is 0 Å². The number of carbonyl (C=O) groups excluding carboxylic acids is 1. The van der Waals surface area contributed by atoms with E-state index in [2.05, 4.69) is 5.32 Å². The van der Waals surface area contributed by atoms with Gasteiger partial charge in [0, 0.05) is 5.69 Å². The van der Waals surface area contributed by atoms with Crippen LogP contribution in [0.4, 0.5) is 18.9 Å². The number of nitrogens with one attached hydrogen (secondary N) is 1. The smallest absolute Gasteiger partial charge is 0.416 e. The summed E-state index contributed by atoms with van der Waals surface area (Å²) in [5.41, 5.74) is -1.09. The lowest BCUT2D eigenvalue weighted by molar-refractivity contribution is -0.137. The van der Waals surface area contributed by atoms with E-state index in [1.165, 1.54) is 6.07 Å². The molecule has 19 heavy (non-hydrogen) atoms. The van der Waals surface area contributed by atoms with E-state index in [0.717, 1.165) is 12.1 Å².